The van der Waals surface area contributed by atoms with Crippen molar-refractivity contribution in [1.29, 1.82) is 0 Å². The molecule has 13 heavy (non-hydrogen) atoms. The molecule has 0 fully saturated rings. The van der Waals surface area contributed by atoms with E-state index in [1.54, 1.807) is 0 Å². The second-order valence-electron chi connectivity index (χ2n) is 3.06. The molecule has 0 saturated carbocycles. The highest BCUT2D eigenvalue weighted by atomic mass is 31.2. The molecule has 1 N–H and O–H groups in total. The number of ether oxygens (including phenoxy) is 1. The van der Waals surface area contributed by atoms with Crippen LogP contribution in [0.1, 0.15) is 6.92 Å². The summed E-state index contributed by atoms with van der Waals surface area (Å²) in [7, 11) is -1.52. The van der Waals surface area contributed by atoms with Gasteiger partial charge in [-0.15, -0.1) is 0 Å². The van der Waals surface area contributed by atoms with Crippen molar-refractivity contribution in [3.8, 4) is 0 Å². The maximum atomic E-state index is 11.5. The Morgan fingerprint density at radius 1 is 1.38 bits per heavy atom. The third-order valence-electron chi connectivity index (χ3n) is 1.39. The van der Waals surface area contributed by atoms with Crippen molar-refractivity contribution < 1.29 is 18.9 Å². The minimum absolute atomic E-state index is 0.403. The van der Waals surface area contributed by atoms with Crippen molar-refractivity contribution in [3.63, 3.8) is 0 Å². The first-order valence-corrected chi connectivity index (χ1v) is 6.35. The Hall–Kier alpha value is -0.830. The van der Waals surface area contributed by atoms with E-state index in [4.69, 9.17) is 0 Å². The predicted octanol–water partition coefficient (Wildman–Crippen LogP) is 0.244. The molecule has 0 aromatic rings. The van der Waals surface area contributed by atoms with Crippen LogP contribution < -0.4 is 5.32 Å². The summed E-state index contributed by atoms with van der Waals surface area (Å²) in [5.74, 6) is -2.11. The van der Waals surface area contributed by atoms with Gasteiger partial charge in [-0.05, 0) is 13.3 Å². The van der Waals surface area contributed by atoms with Crippen LogP contribution in [-0.2, 0) is 18.9 Å². The van der Waals surface area contributed by atoms with Crippen molar-refractivity contribution >= 4 is 19.0 Å². The molecule has 0 radical (unpaired) electrons. The van der Waals surface area contributed by atoms with Crippen LogP contribution in [0, 0.1) is 0 Å². The van der Waals surface area contributed by atoms with Gasteiger partial charge in [0.2, 0.25) is 5.91 Å². The molecule has 76 valence electrons. The second kappa shape index (κ2) is 4.42. The zero-order valence-electron chi connectivity index (χ0n) is 8.16. The lowest BCUT2D eigenvalue weighted by Gasteiger charge is -2.19. The molecule has 0 saturated heterocycles. The average molecular weight is 207 g/mol. The standard InChI is InChI=1S/C7H14NO4P/c1-5(9)8-6(7(10)12-2)13(3,4)11/h6H,1-4H3,(H,8,9). The van der Waals surface area contributed by atoms with E-state index in [9.17, 15) is 14.2 Å². The van der Waals surface area contributed by atoms with Gasteiger partial charge in [-0.2, -0.15) is 0 Å². The summed E-state index contributed by atoms with van der Waals surface area (Å²) < 4.78 is 15.9. The zero-order chi connectivity index (χ0) is 10.6. The summed E-state index contributed by atoms with van der Waals surface area (Å²) in [5.41, 5.74) is 0. The normalized spacial score (nSPS) is 13.2. The molecule has 0 bridgehead atoms. The molecule has 0 rings (SSSR count). The molecule has 0 aliphatic rings. The van der Waals surface area contributed by atoms with Gasteiger partial charge in [0.15, 0.2) is 5.78 Å². The molecular weight excluding hydrogens is 193 g/mol. The fourth-order valence-corrected chi connectivity index (χ4v) is 1.88. The van der Waals surface area contributed by atoms with Gasteiger partial charge in [0.25, 0.3) is 0 Å². The van der Waals surface area contributed by atoms with Crippen LogP contribution >= 0.6 is 7.14 Å². The fraction of sp³-hybridized carbons (Fsp3) is 0.714. The number of carbonyl (C=O) groups excluding carboxylic acids is 2. The quantitative estimate of drug-likeness (QED) is 0.531. The number of rotatable bonds is 3. The van der Waals surface area contributed by atoms with Gasteiger partial charge in [0, 0.05) is 6.92 Å². The lowest BCUT2D eigenvalue weighted by Crippen LogP contribution is -2.39. The van der Waals surface area contributed by atoms with E-state index in [-0.39, 0.29) is 0 Å². The molecule has 0 spiro atoms. The van der Waals surface area contributed by atoms with Crippen molar-refractivity contribution in [2.24, 2.45) is 0 Å². The third kappa shape index (κ3) is 4.08. The van der Waals surface area contributed by atoms with Crippen LogP contribution in [0.4, 0.5) is 0 Å². The summed E-state index contributed by atoms with van der Waals surface area (Å²) in [5, 5.41) is 2.29. The molecule has 0 aliphatic carbocycles. The Bertz CT molecular complexity index is 257. The molecule has 6 heteroatoms. The van der Waals surface area contributed by atoms with Crippen LogP contribution in [0.2, 0.25) is 0 Å². The van der Waals surface area contributed by atoms with Gasteiger partial charge in [0.1, 0.15) is 7.14 Å². The van der Waals surface area contributed by atoms with Crippen molar-refractivity contribution in [3.05, 3.63) is 0 Å². The molecule has 0 aliphatic heterocycles. The largest absolute Gasteiger partial charge is 0.467 e. The Labute approximate surface area is 77.2 Å². The van der Waals surface area contributed by atoms with Crippen LogP contribution in [0.3, 0.4) is 0 Å². The Kier molecular flexibility index (Phi) is 4.14. The summed E-state index contributed by atoms with van der Waals surface area (Å²) in [6.45, 7) is 4.10. The number of hydrogen-bond acceptors (Lipinski definition) is 4. The van der Waals surface area contributed by atoms with Gasteiger partial charge >= 0.3 is 5.97 Å². The summed E-state index contributed by atoms with van der Waals surface area (Å²) in [6, 6.07) is 0. The average Bonchev–Trinajstić information content (AvgIpc) is 1.96. The highest BCUT2D eigenvalue weighted by Crippen LogP contribution is 2.41. The highest BCUT2D eigenvalue weighted by Gasteiger charge is 2.31. The first-order chi connectivity index (χ1) is 5.79. The van der Waals surface area contributed by atoms with Crippen LogP contribution in [-0.4, -0.2) is 38.1 Å². The van der Waals surface area contributed by atoms with Crippen molar-refractivity contribution in [1.82, 2.24) is 5.32 Å². The summed E-state index contributed by atoms with van der Waals surface area (Å²) in [6.07, 6.45) is 0. The zero-order valence-corrected chi connectivity index (χ0v) is 9.05. The number of nitrogens with one attached hydrogen (secondary N) is 1. The van der Waals surface area contributed by atoms with E-state index in [2.05, 4.69) is 10.1 Å². The molecule has 0 heterocycles. The molecule has 1 amide bonds. The highest BCUT2D eigenvalue weighted by molar-refractivity contribution is 7.64. The van der Waals surface area contributed by atoms with Gasteiger partial charge in [-0.25, -0.2) is 4.79 Å². The third-order valence-corrected chi connectivity index (χ3v) is 2.97. The first-order valence-electron chi connectivity index (χ1n) is 3.68. The van der Waals surface area contributed by atoms with Gasteiger partial charge in [0.05, 0.1) is 7.11 Å². The molecular formula is C7H14NO4P. The Morgan fingerprint density at radius 3 is 2.08 bits per heavy atom. The van der Waals surface area contributed by atoms with Gasteiger partial charge in [-0.1, -0.05) is 0 Å². The smallest absolute Gasteiger partial charge is 0.336 e. The monoisotopic (exact) mass is 207 g/mol. The molecule has 1 atom stereocenters. The van der Waals surface area contributed by atoms with E-state index in [1.807, 2.05) is 0 Å². The van der Waals surface area contributed by atoms with E-state index in [0.29, 0.717) is 0 Å². The van der Waals surface area contributed by atoms with E-state index in [1.165, 1.54) is 27.4 Å². The Morgan fingerprint density at radius 2 is 1.85 bits per heavy atom. The maximum absolute atomic E-state index is 11.5. The molecule has 1 unspecified atom stereocenters. The van der Waals surface area contributed by atoms with Gasteiger partial charge in [-0.3, -0.25) is 4.79 Å². The van der Waals surface area contributed by atoms with E-state index < -0.39 is 24.8 Å². The number of amides is 1. The van der Waals surface area contributed by atoms with Crippen LogP contribution in [0.25, 0.3) is 0 Å². The van der Waals surface area contributed by atoms with Crippen LogP contribution in [0.5, 0.6) is 0 Å². The number of esters is 1. The van der Waals surface area contributed by atoms with Gasteiger partial charge < -0.3 is 14.6 Å². The van der Waals surface area contributed by atoms with Crippen LogP contribution in [0.15, 0.2) is 0 Å². The second-order valence-corrected chi connectivity index (χ2v) is 6.45. The fourth-order valence-electron chi connectivity index (χ4n) is 0.772. The number of hydrogen-bond donors (Lipinski definition) is 1. The topological polar surface area (TPSA) is 72.5 Å². The number of methoxy groups -OCH3 is 1. The van der Waals surface area contributed by atoms with Crippen molar-refractivity contribution in [2.75, 3.05) is 20.4 Å². The summed E-state index contributed by atoms with van der Waals surface area (Å²) in [4.78, 5) is 21.8. The number of carbonyl (C=O) groups is 2. The predicted molar refractivity (Wildman–Crippen MR) is 49.1 cm³/mol. The van der Waals surface area contributed by atoms with E-state index in [0.717, 1.165) is 0 Å². The maximum Gasteiger partial charge on any atom is 0.336 e. The summed E-state index contributed by atoms with van der Waals surface area (Å²) >= 11 is 0. The molecule has 0 aromatic carbocycles. The lowest BCUT2D eigenvalue weighted by atomic mass is 10.6. The van der Waals surface area contributed by atoms with Crippen molar-refractivity contribution in [2.45, 2.75) is 12.7 Å². The SMILES string of the molecule is COC(=O)C(NC(C)=O)P(C)(C)=O. The lowest BCUT2D eigenvalue weighted by molar-refractivity contribution is -0.142. The minimum Gasteiger partial charge on any atom is -0.467 e. The Balaban J connectivity index is 4.66. The first kappa shape index (κ1) is 12.2. The molecule has 0 aromatic heterocycles. The molecule has 5 nitrogen and oxygen atoms in total. The minimum atomic E-state index is -2.71. The van der Waals surface area contributed by atoms with E-state index >= 15 is 0 Å².